The van der Waals surface area contributed by atoms with E-state index in [4.69, 9.17) is 20.3 Å². The average molecular weight is 710 g/mol. The molecule has 1 aromatic rings. The minimum absolute atomic E-state index is 0.197. The van der Waals surface area contributed by atoms with Crippen LogP contribution >= 0.6 is 0 Å². The lowest BCUT2D eigenvalue weighted by molar-refractivity contribution is -0.242. The number of ether oxygens (including phenoxy) is 2. The Balaban J connectivity index is 1.49. The monoisotopic (exact) mass is 710 g/mol. The number of amides is 1. The number of carbonyl (C=O) groups is 2. The van der Waals surface area contributed by atoms with Crippen molar-refractivity contribution in [3.63, 3.8) is 0 Å². The molecule has 0 radical (unpaired) electrons. The molecule has 10 nitrogen and oxygen atoms in total. The predicted molar refractivity (Wildman–Crippen MR) is 198 cm³/mol. The second-order valence-electron chi connectivity index (χ2n) is 20.0. The van der Waals surface area contributed by atoms with Crippen molar-refractivity contribution in [2.75, 3.05) is 26.9 Å². The third kappa shape index (κ3) is 5.33. The van der Waals surface area contributed by atoms with Gasteiger partial charge in [-0.05, 0) is 91.3 Å². The Kier molecular flexibility index (Phi) is 9.32. The number of hydrogen-bond acceptors (Lipinski definition) is 7. The van der Waals surface area contributed by atoms with E-state index in [0.717, 1.165) is 38.5 Å². The van der Waals surface area contributed by atoms with Gasteiger partial charge in [0.1, 0.15) is 6.33 Å². The normalized spacial score (nSPS) is 41.2. The highest BCUT2D eigenvalue weighted by atomic mass is 16.5. The number of nitrogens with zero attached hydrogens (tertiary/aromatic N) is 3. The van der Waals surface area contributed by atoms with E-state index in [1.807, 2.05) is 4.68 Å². The molecule has 4 aliphatic carbocycles. The molecule has 51 heavy (non-hydrogen) atoms. The first-order valence-corrected chi connectivity index (χ1v) is 19.6. The molecule has 0 spiro atoms. The number of aromatic nitrogens is 3. The number of nitrogens with one attached hydrogen (secondary N) is 1. The first-order chi connectivity index (χ1) is 23.6. The number of fused-ring (bicyclic) bond motifs is 2. The van der Waals surface area contributed by atoms with Crippen LogP contribution in [0.15, 0.2) is 17.5 Å². The fourth-order valence-electron chi connectivity index (χ4n) is 12.3. The highest BCUT2D eigenvalue weighted by molar-refractivity contribution is 5.90. The quantitative estimate of drug-likeness (QED) is 0.244. The fourth-order valence-corrected chi connectivity index (χ4v) is 12.3. The van der Waals surface area contributed by atoms with Crippen LogP contribution in [0.2, 0.25) is 0 Å². The molecule has 2 saturated carbocycles. The number of aliphatic carboxylic acids is 1. The molecule has 3 fully saturated rings. The van der Waals surface area contributed by atoms with Gasteiger partial charge in [-0.2, -0.15) is 5.10 Å². The minimum atomic E-state index is -0.643. The summed E-state index contributed by atoms with van der Waals surface area (Å²) in [6, 6.07) is -0.276. The number of carboxylic acid groups (broad SMARTS) is 1. The summed E-state index contributed by atoms with van der Waals surface area (Å²) < 4.78 is 15.6. The van der Waals surface area contributed by atoms with Crippen LogP contribution in [-0.4, -0.2) is 70.3 Å². The molecule has 0 aromatic carbocycles. The molecule has 11 atom stereocenters. The van der Waals surface area contributed by atoms with Gasteiger partial charge in [0.25, 0.3) is 5.91 Å². The van der Waals surface area contributed by atoms with E-state index in [1.54, 1.807) is 7.05 Å². The van der Waals surface area contributed by atoms with Gasteiger partial charge >= 0.3 is 5.97 Å². The molecule has 5 aliphatic rings. The highest BCUT2D eigenvalue weighted by Crippen LogP contribution is 2.75. The number of nitrogens with two attached hydrogens (primary N) is 1. The second kappa shape index (κ2) is 12.4. The fraction of sp³-hybridized carbons (Fsp3) is 0.854. The van der Waals surface area contributed by atoms with Crippen LogP contribution in [0.5, 0.6) is 0 Å². The summed E-state index contributed by atoms with van der Waals surface area (Å²) in [4.78, 5) is 31.2. The summed E-state index contributed by atoms with van der Waals surface area (Å²) in [5.41, 5.74) is 7.51. The molecule has 10 heteroatoms. The highest BCUT2D eigenvalue weighted by Gasteiger charge is 2.70. The van der Waals surface area contributed by atoms with Crippen molar-refractivity contribution in [2.45, 2.75) is 139 Å². The zero-order valence-corrected chi connectivity index (χ0v) is 33.6. The van der Waals surface area contributed by atoms with E-state index in [0.29, 0.717) is 44.0 Å². The third-order valence-electron chi connectivity index (χ3n) is 16.6. The van der Waals surface area contributed by atoms with Crippen molar-refractivity contribution in [3.05, 3.63) is 23.3 Å². The first kappa shape index (κ1) is 38.4. The third-order valence-corrected chi connectivity index (χ3v) is 16.6. The topological polar surface area (TPSA) is 142 Å². The Morgan fingerprint density at radius 3 is 2.37 bits per heavy atom. The molecule has 2 bridgehead atoms. The largest absolute Gasteiger partial charge is 0.481 e. The maximum Gasteiger partial charge on any atom is 0.307 e. The number of allylic oxidation sites excluding steroid dienone is 1. The van der Waals surface area contributed by atoms with E-state index >= 15 is 0 Å². The lowest BCUT2D eigenvalue weighted by Gasteiger charge is -2.69. The van der Waals surface area contributed by atoms with Crippen molar-refractivity contribution in [3.8, 4) is 0 Å². The molecule has 1 saturated heterocycles. The summed E-state index contributed by atoms with van der Waals surface area (Å²) in [7, 11) is 1.62. The van der Waals surface area contributed by atoms with Crippen LogP contribution < -0.4 is 11.1 Å². The van der Waals surface area contributed by atoms with Crippen LogP contribution in [0, 0.1) is 56.2 Å². The SMILES string of the molecule is CNC(=O)c1ncnn1[C@@H]1C[C@@]23COC[C@](C)([C@@H]2CCC2=C3CC[C@@]3(C)[C@H](C(=O)O)[C@@](C)([C@H](C)C(C)C)CC[C@@]23C)[C@H]1OC[C@](C)(N)C(C)(C)C. The number of carboxylic acids is 1. The van der Waals surface area contributed by atoms with Crippen LogP contribution in [-0.2, 0) is 14.3 Å². The molecule has 1 aromatic heterocycles. The standard InChI is InChI=1S/C41H67N5O5/c1-24(2)25(3)36(7)17-18-38(9)26-13-14-29-37(8)20-50-22-41(29,27(26)15-16-39(38,10)30(36)34(48)49)19-28(46-32(33(47)43-12)44-23-45-46)31(37)51-21-40(11,42)35(4,5)6/h23-25,28-31H,13-22,42H2,1-12H3,(H,43,47)(H,48,49)/t25-,28-,29+,30-,31+,36-,37-,38+,39+,40+,41+/m1/s1. The van der Waals surface area contributed by atoms with Gasteiger partial charge in [-0.3, -0.25) is 9.59 Å². The Hall–Kier alpha value is -2.30. The molecule has 1 amide bonds. The van der Waals surface area contributed by atoms with Gasteiger partial charge in [0, 0.05) is 23.4 Å². The van der Waals surface area contributed by atoms with Crippen molar-refractivity contribution >= 4 is 11.9 Å². The molecule has 0 unspecified atom stereocenters. The van der Waals surface area contributed by atoms with Crippen molar-refractivity contribution in [2.24, 2.45) is 61.9 Å². The summed E-state index contributed by atoms with van der Waals surface area (Å²) in [5.74, 6) is -0.0871. The zero-order valence-electron chi connectivity index (χ0n) is 33.6. The molecular formula is C41H67N5O5. The van der Waals surface area contributed by atoms with Crippen molar-refractivity contribution in [1.82, 2.24) is 20.1 Å². The van der Waals surface area contributed by atoms with Crippen molar-refractivity contribution < 1.29 is 24.2 Å². The van der Waals surface area contributed by atoms with Crippen LogP contribution in [0.25, 0.3) is 0 Å². The number of carbonyl (C=O) groups excluding carboxylic acids is 1. The van der Waals surface area contributed by atoms with Gasteiger partial charge in [-0.25, -0.2) is 9.67 Å². The average Bonchev–Trinajstić information content (AvgIpc) is 3.53. The second-order valence-corrected chi connectivity index (χ2v) is 20.0. The zero-order chi connectivity index (χ0) is 37.7. The maximum atomic E-state index is 13.5. The van der Waals surface area contributed by atoms with E-state index < -0.39 is 17.4 Å². The summed E-state index contributed by atoms with van der Waals surface area (Å²) in [6.45, 7) is 26.0. The first-order valence-electron chi connectivity index (χ1n) is 19.6. The molecule has 2 heterocycles. The van der Waals surface area contributed by atoms with E-state index in [9.17, 15) is 14.7 Å². The maximum absolute atomic E-state index is 13.5. The van der Waals surface area contributed by atoms with Gasteiger partial charge < -0.3 is 25.6 Å². The van der Waals surface area contributed by atoms with Crippen LogP contribution in [0.4, 0.5) is 0 Å². The summed E-state index contributed by atoms with van der Waals surface area (Å²) in [6.07, 6.45) is 7.40. The Morgan fingerprint density at radius 2 is 1.76 bits per heavy atom. The van der Waals surface area contributed by atoms with E-state index in [1.165, 1.54) is 17.5 Å². The Bertz CT molecular complexity index is 1580. The molecule has 4 N–H and O–H groups in total. The van der Waals surface area contributed by atoms with Crippen LogP contribution in [0.1, 0.15) is 138 Å². The minimum Gasteiger partial charge on any atom is -0.481 e. The van der Waals surface area contributed by atoms with Gasteiger partial charge in [0.05, 0.1) is 37.9 Å². The smallest absolute Gasteiger partial charge is 0.307 e. The Morgan fingerprint density at radius 1 is 1.08 bits per heavy atom. The lowest BCUT2D eigenvalue weighted by Crippen LogP contribution is -2.68. The summed E-state index contributed by atoms with van der Waals surface area (Å²) >= 11 is 0. The van der Waals surface area contributed by atoms with Gasteiger partial charge in [-0.1, -0.05) is 80.4 Å². The van der Waals surface area contributed by atoms with Gasteiger partial charge in [-0.15, -0.1) is 0 Å². The molecular weight excluding hydrogens is 642 g/mol. The van der Waals surface area contributed by atoms with Gasteiger partial charge in [0.15, 0.2) is 0 Å². The lowest BCUT2D eigenvalue weighted by atomic mass is 9.36. The number of rotatable bonds is 8. The molecule has 1 aliphatic heterocycles. The number of hydrogen-bond donors (Lipinski definition) is 3. The van der Waals surface area contributed by atoms with Crippen molar-refractivity contribution in [1.29, 1.82) is 0 Å². The molecule has 286 valence electrons. The summed E-state index contributed by atoms with van der Waals surface area (Å²) in [5, 5.41) is 18.6. The Labute approximate surface area is 306 Å². The van der Waals surface area contributed by atoms with Gasteiger partial charge in [0.2, 0.25) is 5.82 Å². The van der Waals surface area contributed by atoms with E-state index in [2.05, 4.69) is 86.5 Å². The van der Waals surface area contributed by atoms with E-state index in [-0.39, 0.29) is 56.4 Å². The predicted octanol–water partition coefficient (Wildman–Crippen LogP) is 7.06. The molecule has 6 rings (SSSR count). The van der Waals surface area contributed by atoms with Crippen LogP contribution in [0.3, 0.4) is 0 Å².